The van der Waals surface area contributed by atoms with Gasteiger partial charge in [-0.05, 0) is 22.4 Å². The van der Waals surface area contributed by atoms with Gasteiger partial charge in [-0.3, -0.25) is 9.69 Å². The molecule has 0 atom stereocenters. The van der Waals surface area contributed by atoms with Gasteiger partial charge in [0.2, 0.25) is 5.91 Å². The number of aromatic nitrogens is 2. The molecule has 1 aromatic heterocycles. The minimum absolute atomic E-state index is 0.0714. The predicted octanol–water partition coefficient (Wildman–Crippen LogP) is 1.40. The zero-order valence-corrected chi connectivity index (χ0v) is 8.91. The lowest BCUT2D eigenvalue weighted by atomic mass is 10.3. The van der Waals surface area contributed by atoms with Crippen LogP contribution in [0.5, 0.6) is 0 Å². The first-order valence-corrected chi connectivity index (χ1v) is 4.99. The predicted molar refractivity (Wildman–Crippen MR) is 52.6 cm³/mol. The number of anilines is 1. The molecule has 1 aromatic rings. The molecule has 0 unspecified atom stereocenters. The summed E-state index contributed by atoms with van der Waals surface area (Å²) < 4.78 is 2.75. The maximum Gasteiger partial charge on any atom is 0.225 e. The van der Waals surface area contributed by atoms with Crippen LogP contribution in [0.3, 0.4) is 0 Å². The Bertz CT molecular complexity index is 347. The zero-order chi connectivity index (χ0) is 9.42. The van der Waals surface area contributed by atoms with E-state index < -0.39 is 0 Å². The molecule has 0 aliphatic carbocycles. The summed E-state index contributed by atoms with van der Waals surface area (Å²) in [7, 11) is 0. The highest BCUT2D eigenvalue weighted by Crippen LogP contribution is 2.29. The Hall–Kier alpha value is -0.840. The van der Waals surface area contributed by atoms with E-state index in [-0.39, 0.29) is 5.91 Å². The van der Waals surface area contributed by atoms with Crippen molar-refractivity contribution in [1.82, 2.24) is 9.78 Å². The van der Waals surface area contributed by atoms with Crippen LogP contribution in [-0.4, -0.2) is 22.2 Å². The molecule has 13 heavy (non-hydrogen) atoms. The monoisotopic (exact) mass is 243 g/mol. The second kappa shape index (κ2) is 3.14. The first-order chi connectivity index (χ1) is 6.20. The summed E-state index contributed by atoms with van der Waals surface area (Å²) in [6.07, 6.45) is 2.71. The lowest BCUT2D eigenvalue weighted by Crippen LogP contribution is -2.36. The molecule has 0 saturated heterocycles. The molecule has 0 radical (unpaired) electrons. The van der Waals surface area contributed by atoms with Gasteiger partial charge in [0.05, 0.1) is 10.7 Å². The molecule has 70 valence electrons. The van der Waals surface area contributed by atoms with E-state index in [1.54, 1.807) is 18.0 Å². The van der Waals surface area contributed by atoms with Gasteiger partial charge in [0, 0.05) is 20.0 Å². The Morgan fingerprint density at radius 3 is 3.08 bits per heavy atom. The van der Waals surface area contributed by atoms with Gasteiger partial charge in [0.15, 0.2) is 0 Å². The van der Waals surface area contributed by atoms with Crippen LogP contribution in [0.4, 0.5) is 5.82 Å². The fraction of sp³-hybridized carbons (Fsp3) is 0.500. The summed E-state index contributed by atoms with van der Waals surface area (Å²) >= 11 is 3.38. The van der Waals surface area contributed by atoms with Crippen LogP contribution in [0.25, 0.3) is 0 Å². The standard InChI is InChI=1S/C8H10BrN3O/c1-6(13)11-3-2-4-12-8(11)7(9)5-10-12/h5H,2-4H2,1H3. The van der Waals surface area contributed by atoms with Crippen molar-refractivity contribution in [2.45, 2.75) is 19.9 Å². The van der Waals surface area contributed by atoms with Crippen LogP contribution in [0.15, 0.2) is 10.7 Å². The highest BCUT2D eigenvalue weighted by molar-refractivity contribution is 9.10. The van der Waals surface area contributed by atoms with Gasteiger partial charge in [0.25, 0.3) is 0 Å². The van der Waals surface area contributed by atoms with Crippen molar-refractivity contribution >= 4 is 27.7 Å². The number of carbonyl (C=O) groups is 1. The van der Waals surface area contributed by atoms with Gasteiger partial charge >= 0.3 is 0 Å². The van der Waals surface area contributed by atoms with E-state index in [0.717, 1.165) is 29.8 Å². The van der Waals surface area contributed by atoms with Crippen molar-refractivity contribution in [3.63, 3.8) is 0 Å². The van der Waals surface area contributed by atoms with E-state index in [4.69, 9.17) is 0 Å². The number of carbonyl (C=O) groups excluding carboxylic acids is 1. The molecular formula is C8H10BrN3O. The zero-order valence-electron chi connectivity index (χ0n) is 7.33. The first kappa shape index (κ1) is 8.74. The molecule has 0 bridgehead atoms. The van der Waals surface area contributed by atoms with Crippen molar-refractivity contribution in [2.24, 2.45) is 0 Å². The van der Waals surface area contributed by atoms with Crippen LogP contribution in [-0.2, 0) is 11.3 Å². The van der Waals surface area contributed by atoms with E-state index in [9.17, 15) is 4.79 Å². The van der Waals surface area contributed by atoms with Gasteiger partial charge in [0.1, 0.15) is 5.82 Å². The van der Waals surface area contributed by atoms with Crippen LogP contribution in [0.1, 0.15) is 13.3 Å². The molecule has 0 fully saturated rings. The highest BCUT2D eigenvalue weighted by atomic mass is 79.9. The number of halogens is 1. The Balaban J connectivity index is 2.46. The van der Waals surface area contributed by atoms with Gasteiger partial charge in [-0.15, -0.1) is 0 Å². The van der Waals surface area contributed by atoms with E-state index >= 15 is 0 Å². The van der Waals surface area contributed by atoms with Crippen molar-refractivity contribution < 1.29 is 4.79 Å². The third-order valence-electron chi connectivity index (χ3n) is 2.16. The third kappa shape index (κ3) is 1.37. The van der Waals surface area contributed by atoms with Crippen molar-refractivity contribution in [3.05, 3.63) is 10.7 Å². The smallest absolute Gasteiger partial charge is 0.225 e. The van der Waals surface area contributed by atoms with Crippen molar-refractivity contribution in [2.75, 3.05) is 11.4 Å². The van der Waals surface area contributed by atoms with E-state index in [1.165, 1.54) is 0 Å². The van der Waals surface area contributed by atoms with Gasteiger partial charge in [-0.25, -0.2) is 4.68 Å². The lowest BCUT2D eigenvalue weighted by molar-refractivity contribution is -0.116. The molecule has 0 saturated carbocycles. The average molecular weight is 244 g/mol. The molecule has 2 heterocycles. The van der Waals surface area contributed by atoms with Crippen molar-refractivity contribution in [1.29, 1.82) is 0 Å². The lowest BCUT2D eigenvalue weighted by Gasteiger charge is -2.26. The van der Waals surface area contributed by atoms with Gasteiger partial charge < -0.3 is 0 Å². The Morgan fingerprint density at radius 1 is 1.62 bits per heavy atom. The Labute approximate surface area is 84.6 Å². The number of hydrogen-bond donors (Lipinski definition) is 0. The molecule has 0 aromatic carbocycles. The summed E-state index contributed by atoms with van der Waals surface area (Å²) in [5.74, 6) is 0.959. The number of rotatable bonds is 0. The number of nitrogens with zero attached hydrogens (tertiary/aromatic N) is 3. The summed E-state index contributed by atoms with van der Waals surface area (Å²) in [6, 6.07) is 0. The molecule has 1 aliphatic rings. The fourth-order valence-electron chi connectivity index (χ4n) is 1.58. The molecule has 1 aliphatic heterocycles. The second-order valence-electron chi connectivity index (χ2n) is 3.06. The normalized spacial score (nSPS) is 15.7. The van der Waals surface area contributed by atoms with Crippen LogP contribution >= 0.6 is 15.9 Å². The molecule has 1 amide bonds. The minimum Gasteiger partial charge on any atom is -0.296 e. The quantitative estimate of drug-likeness (QED) is 0.691. The third-order valence-corrected chi connectivity index (χ3v) is 2.72. The Kier molecular flexibility index (Phi) is 2.11. The first-order valence-electron chi connectivity index (χ1n) is 4.19. The summed E-state index contributed by atoms with van der Waals surface area (Å²) in [6.45, 7) is 3.26. The number of hydrogen-bond acceptors (Lipinski definition) is 2. The van der Waals surface area contributed by atoms with Gasteiger partial charge in [-0.2, -0.15) is 5.10 Å². The largest absolute Gasteiger partial charge is 0.296 e. The number of amides is 1. The molecule has 0 spiro atoms. The van der Waals surface area contributed by atoms with E-state index in [0.29, 0.717) is 0 Å². The molecule has 4 nitrogen and oxygen atoms in total. The second-order valence-corrected chi connectivity index (χ2v) is 3.92. The SMILES string of the molecule is CC(=O)N1CCCn2ncc(Br)c21. The molecule has 0 N–H and O–H groups in total. The molecule has 2 rings (SSSR count). The summed E-state index contributed by atoms with van der Waals surface area (Å²) in [5.41, 5.74) is 0. The minimum atomic E-state index is 0.0714. The average Bonchev–Trinajstić information content (AvgIpc) is 2.48. The molecular weight excluding hydrogens is 234 g/mol. The van der Waals surface area contributed by atoms with Crippen molar-refractivity contribution in [3.8, 4) is 0 Å². The van der Waals surface area contributed by atoms with Crippen LogP contribution in [0.2, 0.25) is 0 Å². The number of fused-ring (bicyclic) bond motifs is 1. The summed E-state index contributed by atoms with van der Waals surface area (Å²) in [5, 5.41) is 4.16. The Morgan fingerprint density at radius 2 is 2.38 bits per heavy atom. The number of aryl methyl sites for hydroxylation is 1. The van der Waals surface area contributed by atoms with Gasteiger partial charge in [-0.1, -0.05) is 0 Å². The maximum absolute atomic E-state index is 11.3. The van der Waals surface area contributed by atoms with E-state index in [1.807, 2.05) is 4.68 Å². The maximum atomic E-state index is 11.3. The van der Waals surface area contributed by atoms with Crippen LogP contribution in [0, 0.1) is 0 Å². The summed E-state index contributed by atoms with van der Waals surface area (Å²) in [4.78, 5) is 13.0. The van der Waals surface area contributed by atoms with Crippen LogP contribution < -0.4 is 4.90 Å². The molecule has 5 heteroatoms. The van der Waals surface area contributed by atoms with E-state index in [2.05, 4.69) is 21.0 Å². The topological polar surface area (TPSA) is 38.1 Å². The fourth-order valence-corrected chi connectivity index (χ4v) is 2.09. The highest BCUT2D eigenvalue weighted by Gasteiger charge is 2.23.